The van der Waals surface area contributed by atoms with Gasteiger partial charge in [0.15, 0.2) is 5.60 Å². The molecule has 5 heteroatoms. The Balaban J connectivity index is 0.00000102. The molecule has 1 aliphatic heterocycles. The quantitative estimate of drug-likeness (QED) is 0.509. The van der Waals surface area contributed by atoms with Gasteiger partial charge in [-0.05, 0) is 35.5 Å². The van der Waals surface area contributed by atoms with Crippen LogP contribution < -0.4 is 0 Å². The van der Waals surface area contributed by atoms with Crippen LogP contribution >= 0.6 is 0 Å². The molecule has 3 aromatic carbocycles. The first-order valence-electron chi connectivity index (χ1n) is 8.71. The number of phenolic OH excluding ortho intramolecular Hbond substituents is 1. The highest BCUT2D eigenvalue weighted by atomic mass is 16.6. The maximum Gasteiger partial charge on any atom is 0.340 e. The molecular formula is C22H19NO4. The summed E-state index contributed by atoms with van der Waals surface area (Å²) in [6, 6.07) is 20.3. The molecule has 0 saturated heterocycles. The van der Waals surface area contributed by atoms with Crippen LogP contribution in [0, 0.1) is 4.91 Å². The normalized spacial score (nSPS) is 17.3. The molecule has 0 aromatic heterocycles. The predicted octanol–water partition coefficient (Wildman–Crippen LogP) is 5.28. The minimum Gasteiger partial charge on any atom is -0.508 e. The van der Waals surface area contributed by atoms with Crippen LogP contribution in [-0.4, -0.2) is 11.1 Å². The number of aromatic hydroxyl groups is 1. The zero-order valence-electron chi connectivity index (χ0n) is 15.0. The van der Waals surface area contributed by atoms with E-state index in [9.17, 15) is 14.8 Å². The molecule has 3 aromatic rings. The van der Waals surface area contributed by atoms with E-state index in [2.05, 4.69) is 5.18 Å². The fraction of sp³-hybridized carbons (Fsp3) is 0.136. The van der Waals surface area contributed by atoms with Crippen molar-refractivity contribution >= 4 is 11.7 Å². The van der Waals surface area contributed by atoms with E-state index >= 15 is 0 Å². The molecule has 1 atom stereocenters. The van der Waals surface area contributed by atoms with E-state index in [4.69, 9.17) is 4.74 Å². The molecular weight excluding hydrogens is 342 g/mol. The first-order valence-corrected chi connectivity index (χ1v) is 8.71. The SMILES string of the molecule is CC.O=Nc1ccc(C2(c3ccc(O)cc3)OC(=O)c3ccccc32)cc1. The second-order valence-electron chi connectivity index (χ2n) is 5.80. The lowest BCUT2D eigenvalue weighted by atomic mass is 9.80. The van der Waals surface area contributed by atoms with Crippen molar-refractivity contribution in [3.63, 3.8) is 0 Å². The highest BCUT2D eigenvalue weighted by molar-refractivity contribution is 5.96. The molecule has 1 unspecified atom stereocenters. The van der Waals surface area contributed by atoms with Gasteiger partial charge in [0, 0.05) is 16.7 Å². The van der Waals surface area contributed by atoms with E-state index in [-0.39, 0.29) is 5.75 Å². The predicted molar refractivity (Wildman–Crippen MR) is 103 cm³/mol. The van der Waals surface area contributed by atoms with Crippen LogP contribution in [0.4, 0.5) is 5.69 Å². The molecule has 1 heterocycles. The summed E-state index contributed by atoms with van der Waals surface area (Å²) in [6.45, 7) is 4.00. The molecule has 5 nitrogen and oxygen atoms in total. The third-order valence-electron chi connectivity index (χ3n) is 4.43. The summed E-state index contributed by atoms with van der Waals surface area (Å²) in [6.07, 6.45) is 0. The number of carbonyl (C=O) groups is 1. The highest BCUT2D eigenvalue weighted by Crippen LogP contribution is 2.47. The maximum absolute atomic E-state index is 12.5. The number of nitrogens with zero attached hydrogens (tertiary/aromatic N) is 1. The fourth-order valence-electron chi connectivity index (χ4n) is 3.27. The van der Waals surface area contributed by atoms with E-state index in [1.54, 1.807) is 60.7 Å². The highest BCUT2D eigenvalue weighted by Gasteiger charge is 2.48. The first kappa shape index (κ1) is 18.3. The Morgan fingerprint density at radius 3 is 2.00 bits per heavy atom. The second-order valence-corrected chi connectivity index (χ2v) is 5.80. The molecule has 0 spiro atoms. The Kier molecular flexibility index (Phi) is 5.03. The lowest BCUT2D eigenvalue weighted by Gasteiger charge is -2.30. The molecule has 0 bridgehead atoms. The number of esters is 1. The number of hydrogen-bond acceptors (Lipinski definition) is 5. The number of ether oxygens (including phenoxy) is 1. The van der Waals surface area contributed by atoms with Crippen LogP contribution in [0.1, 0.15) is 40.9 Å². The van der Waals surface area contributed by atoms with Crippen LogP contribution in [-0.2, 0) is 10.3 Å². The monoisotopic (exact) mass is 361 g/mol. The number of rotatable bonds is 3. The number of benzene rings is 3. The zero-order valence-corrected chi connectivity index (χ0v) is 15.0. The fourth-order valence-corrected chi connectivity index (χ4v) is 3.27. The van der Waals surface area contributed by atoms with Crippen LogP contribution in [0.3, 0.4) is 0 Å². The van der Waals surface area contributed by atoms with E-state index in [1.807, 2.05) is 26.0 Å². The van der Waals surface area contributed by atoms with Crippen LogP contribution in [0.15, 0.2) is 78.0 Å². The van der Waals surface area contributed by atoms with Crippen molar-refractivity contribution in [2.45, 2.75) is 19.4 Å². The summed E-state index contributed by atoms with van der Waals surface area (Å²) in [5, 5.41) is 12.5. The molecule has 136 valence electrons. The van der Waals surface area contributed by atoms with Crippen molar-refractivity contribution in [2.24, 2.45) is 5.18 Å². The van der Waals surface area contributed by atoms with Gasteiger partial charge in [-0.3, -0.25) is 0 Å². The topological polar surface area (TPSA) is 76.0 Å². The maximum atomic E-state index is 12.5. The smallest absolute Gasteiger partial charge is 0.340 e. The van der Waals surface area contributed by atoms with Gasteiger partial charge in [0.05, 0.1) is 5.56 Å². The summed E-state index contributed by atoms with van der Waals surface area (Å²) < 4.78 is 5.88. The van der Waals surface area contributed by atoms with Gasteiger partial charge in [0.1, 0.15) is 11.4 Å². The van der Waals surface area contributed by atoms with E-state index < -0.39 is 11.6 Å². The van der Waals surface area contributed by atoms with Crippen molar-refractivity contribution in [3.05, 3.63) is 100.0 Å². The van der Waals surface area contributed by atoms with Crippen LogP contribution in [0.25, 0.3) is 0 Å². The Bertz CT molecular complexity index is 964. The molecule has 1 N–H and O–H groups in total. The van der Waals surface area contributed by atoms with Crippen LogP contribution in [0.2, 0.25) is 0 Å². The Morgan fingerprint density at radius 2 is 1.41 bits per heavy atom. The van der Waals surface area contributed by atoms with Gasteiger partial charge >= 0.3 is 5.97 Å². The molecule has 1 aliphatic rings. The van der Waals surface area contributed by atoms with Gasteiger partial charge in [0.25, 0.3) is 0 Å². The van der Waals surface area contributed by atoms with Crippen molar-refractivity contribution < 1.29 is 14.6 Å². The van der Waals surface area contributed by atoms with Crippen molar-refractivity contribution in [2.75, 3.05) is 0 Å². The Hall–Kier alpha value is -3.47. The summed E-state index contributed by atoms with van der Waals surface area (Å²) in [5.41, 5.74) is 1.77. The lowest BCUT2D eigenvalue weighted by Crippen LogP contribution is -2.29. The Morgan fingerprint density at radius 1 is 0.852 bits per heavy atom. The summed E-state index contributed by atoms with van der Waals surface area (Å²) in [4.78, 5) is 23.2. The van der Waals surface area contributed by atoms with Gasteiger partial charge in [-0.2, -0.15) is 0 Å². The molecule has 0 amide bonds. The number of fused-ring (bicyclic) bond motifs is 1. The van der Waals surface area contributed by atoms with E-state index in [0.29, 0.717) is 22.4 Å². The van der Waals surface area contributed by atoms with Gasteiger partial charge < -0.3 is 9.84 Å². The molecule has 27 heavy (non-hydrogen) atoms. The Labute approximate surface area is 157 Å². The third kappa shape index (κ3) is 2.97. The first-order chi connectivity index (χ1) is 13.1. The van der Waals surface area contributed by atoms with Crippen molar-refractivity contribution in [1.29, 1.82) is 0 Å². The minimum absolute atomic E-state index is 0.122. The van der Waals surface area contributed by atoms with E-state index in [0.717, 1.165) is 5.56 Å². The standard InChI is InChI=1S/C20H13NO4.C2H6/c22-16-11-7-14(8-12-16)20(13-5-9-15(21-24)10-6-13)18-4-2-1-3-17(18)19(23)25-20;1-2/h1-12,22H;1-2H3. The van der Waals surface area contributed by atoms with Crippen molar-refractivity contribution in [1.82, 2.24) is 0 Å². The average Bonchev–Trinajstić information content (AvgIpc) is 3.04. The molecule has 0 fully saturated rings. The number of cyclic esters (lactones) is 1. The summed E-state index contributed by atoms with van der Waals surface area (Å²) in [5.74, 6) is -0.293. The van der Waals surface area contributed by atoms with Crippen LogP contribution in [0.5, 0.6) is 5.75 Å². The number of hydrogen-bond donors (Lipinski definition) is 1. The van der Waals surface area contributed by atoms with Crippen molar-refractivity contribution in [3.8, 4) is 5.75 Å². The number of nitroso groups, excluding NO2 is 1. The zero-order chi connectivity index (χ0) is 19.4. The second kappa shape index (κ2) is 7.41. The van der Waals surface area contributed by atoms with Gasteiger partial charge in [-0.1, -0.05) is 56.3 Å². The third-order valence-corrected chi connectivity index (χ3v) is 4.43. The average molecular weight is 361 g/mol. The molecule has 0 radical (unpaired) electrons. The molecule has 4 rings (SSSR count). The summed E-state index contributed by atoms with van der Waals surface area (Å²) >= 11 is 0. The largest absolute Gasteiger partial charge is 0.508 e. The lowest BCUT2D eigenvalue weighted by molar-refractivity contribution is 0.0251. The van der Waals surface area contributed by atoms with Gasteiger partial charge in [0.2, 0.25) is 0 Å². The minimum atomic E-state index is -1.14. The van der Waals surface area contributed by atoms with E-state index in [1.165, 1.54) is 0 Å². The number of phenols is 1. The van der Waals surface area contributed by atoms with Gasteiger partial charge in [-0.25, -0.2) is 4.79 Å². The summed E-state index contributed by atoms with van der Waals surface area (Å²) in [7, 11) is 0. The van der Waals surface area contributed by atoms with Gasteiger partial charge in [-0.15, -0.1) is 4.91 Å². The molecule has 0 saturated carbocycles. The number of carbonyl (C=O) groups excluding carboxylic acids is 1. The molecule has 0 aliphatic carbocycles.